The largest absolute Gasteiger partial charge is 0.369 e. The molecule has 0 bridgehead atoms. The number of carbonyl (C=O) groups is 1. The standard InChI is InChI=1S/C15H21N3OS/c19-15-6-1-12(16-15)11-17-7-9-18(10-8-17)13-2-4-14(20)5-3-13/h2-5,12,20H,1,6-11H2,(H,16,19). The molecule has 1 aromatic rings. The predicted octanol–water partition coefficient (Wildman–Crippen LogP) is 1.38. The quantitative estimate of drug-likeness (QED) is 0.826. The van der Waals surface area contributed by atoms with E-state index in [0.29, 0.717) is 12.5 Å². The van der Waals surface area contributed by atoms with Crippen molar-refractivity contribution in [2.75, 3.05) is 37.6 Å². The molecule has 2 aliphatic rings. The maximum Gasteiger partial charge on any atom is 0.220 e. The number of hydrogen-bond donors (Lipinski definition) is 2. The van der Waals surface area contributed by atoms with Gasteiger partial charge in [0, 0.05) is 55.8 Å². The summed E-state index contributed by atoms with van der Waals surface area (Å²) in [6, 6.07) is 8.71. The van der Waals surface area contributed by atoms with Gasteiger partial charge in [-0.2, -0.15) is 0 Å². The maximum atomic E-state index is 11.2. The van der Waals surface area contributed by atoms with E-state index < -0.39 is 0 Å². The molecule has 1 N–H and O–H groups in total. The van der Waals surface area contributed by atoms with Crippen molar-refractivity contribution in [3.63, 3.8) is 0 Å². The first-order valence-corrected chi connectivity index (χ1v) is 7.71. The summed E-state index contributed by atoms with van der Waals surface area (Å²) in [6.07, 6.45) is 1.68. The van der Waals surface area contributed by atoms with Gasteiger partial charge in [-0.1, -0.05) is 0 Å². The summed E-state index contributed by atoms with van der Waals surface area (Å²) >= 11 is 4.32. The number of nitrogens with one attached hydrogen (secondary N) is 1. The first-order valence-electron chi connectivity index (χ1n) is 7.26. The molecule has 5 heteroatoms. The van der Waals surface area contributed by atoms with Crippen molar-refractivity contribution in [1.82, 2.24) is 10.2 Å². The van der Waals surface area contributed by atoms with Crippen molar-refractivity contribution < 1.29 is 4.79 Å². The Morgan fingerprint density at radius 3 is 2.45 bits per heavy atom. The van der Waals surface area contributed by atoms with Crippen LogP contribution in [0.25, 0.3) is 0 Å². The number of hydrogen-bond acceptors (Lipinski definition) is 4. The first kappa shape index (κ1) is 13.8. The Labute approximate surface area is 125 Å². The summed E-state index contributed by atoms with van der Waals surface area (Å²) < 4.78 is 0. The summed E-state index contributed by atoms with van der Waals surface area (Å²) in [5.41, 5.74) is 1.27. The molecule has 20 heavy (non-hydrogen) atoms. The van der Waals surface area contributed by atoms with Crippen LogP contribution in [0, 0.1) is 0 Å². The zero-order valence-corrected chi connectivity index (χ0v) is 12.5. The predicted molar refractivity (Wildman–Crippen MR) is 83.5 cm³/mol. The van der Waals surface area contributed by atoms with Crippen molar-refractivity contribution in [2.24, 2.45) is 0 Å². The Morgan fingerprint density at radius 2 is 1.85 bits per heavy atom. The Morgan fingerprint density at radius 1 is 1.15 bits per heavy atom. The lowest BCUT2D eigenvalue weighted by molar-refractivity contribution is -0.119. The monoisotopic (exact) mass is 291 g/mol. The Balaban J connectivity index is 1.49. The minimum Gasteiger partial charge on any atom is -0.369 e. The Kier molecular flexibility index (Phi) is 4.17. The molecule has 108 valence electrons. The van der Waals surface area contributed by atoms with Crippen molar-refractivity contribution >= 4 is 24.2 Å². The molecule has 3 rings (SSSR count). The van der Waals surface area contributed by atoms with E-state index >= 15 is 0 Å². The number of benzene rings is 1. The lowest BCUT2D eigenvalue weighted by Gasteiger charge is -2.37. The average molecular weight is 291 g/mol. The van der Waals surface area contributed by atoms with Crippen LogP contribution in [0.1, 0.15) is 12.8 Å². The summed E-state index contributed by atoms with van der Waals surface area (Å²) in [5.74, 6) is 0.209. The molecular formula is C15H21N3OS. The number of amides is 1. The van der Waals surface area contributed by atoms with Gasteiger partial charge in [0.1, 0.15) is 0 Å². The van der Waals surface area contributed by atoms with Crippen LogP contribution in [-0.4, -0.2) is 49.6 Å². The van der Waals surface area contributed by atoms with Gasteiger partial charge in [-0.25, -0.2) is 0 Å². The summed E-state index contributed by atoms with van der Waals surface area (Å²) in [5, 5.41) is 3.05. The number of nitrogens with zero attached hydrogens (tertiary/aromatic N) is 2. The lowest BCUT2D eigenvalue weighted by atomic mass is 10.2. The molecular weight excluding hydrogens is 270 g/mol. The zero-order valence-electron chi connectivity index (χ0n) is 11.6. The van der Waals surface area contributed by atoms with Gasteiger partial charge in [-0.3, -0.25) is 9.69 Å². The van der Waals surface area contributed by atoms with E-state index in [1.165, 1.54) is 5.69 Å². The Hall–Kier alpha value is -1.20. The Bertz CT molecular complexity index is 469. The molecule has 2 heterocycles. The van der Waals surface area contributed by atoms with E-state index in [1.54, 1.807) is 0 Å². The minimum absolute atomic E-state index is 0.209. The molecule has 1 unspecified atom stereocenters. The lowest BCUT2D eigenvalue weighted by Crippen LogP contribution is -2.50. The van der Waals surface area contributed by atoms with Gasteiger partial charge in [0.2, 0.25) is 5.91 Å². The second-order valence-electron chi connectivity index (χ2n) is 5.61. The molecule has 2 fully saturated rings. The second kappa shape index (κ2) is 6.06. The highest BCUT2D eigenvalue weighted by Crippen LogP contribution is 2.19. The topological polar surface area (TPSA) is 35.6 Å². The zero-order chi connectivity index (χ0) is 13.9. The van der Waals surface area contributed by atoms with Crippen LogP contribution in [0.2, 0.25) is 0 Å². The molecule has 0 spiro atoms. The highest BCUT2D eigenvalue weighted by atomic mass is 32.1. The van der Waals surface area contributed by atoms with Gasteiger partial charge in [0.05, 0.1) is 0 Å². The van der Waals surface area contributed by atoms with Crippen molar-refractivity contribution in [3.8, 4) is 0 Å². The van der Waals surface area contributed by atoms with E-state index in [0.717, 1.165) is 44.0 Å². The number of rotatable bonds is 3. The first-order chi connectivity index (χ1) is 9.70. The fourth-order valence-corrected chi connectivity index (χ4v) is 3.13. The number of thiol groups is 1. The van der Waals surface area contributed by atoms with Gasteiger partial charge in [0.15, 0.2) is 0 Å². The summed E-state index contributed by atoms with van der Waals surface area (Å²) in [7, 11) is 0. The molecule has 1 amide bonds. The highest BCUT2D eigenvalue weighted by Gasteiger charge is 2.25. The third-order valence-electron chi connectivity index (χ3n) is 4.15. The fourth-order valence-electron chi connectivity index (χ4n) is 2.98. The third-order valence-corrected chi connectivity index (χ3v) is 4.45. The van der Waals surface area contributed by atoms with E-state index in [1.807, 2.05) is 12.1 Å². The molecule has 1 atom stereocenters. The molecule has 0 aromatic heterocycles. The summed E-state index contributed by atoms with van der Waals surface area (Å²) in [6.45, 7) is 5.22. The van der Waals surface area contributed by atoms with Crippen LogP contribution >= 0.6 is 12.6 Å². The highest BCUT2D eigenvalue weighted by molar-refractivity contribution is 7.80. The maximum absolute atomic E-state index is 11.2. The molecule has 2 saturated heterocycles. The second-order valence-corrected chi connectivity index (χ2v) is 6.12. The fraction of sp³-hybridized carbons (Fsp3) is 0.533. The number of anilines is 1. The van der Waals surface area contributed by atoms with Gasteiger partial charge in [0.25, 0.3) is 0 Å². The van der Waals surface area contributed by atoms with Crippen LogP contribution in [-0.2, 0) is 4.79 Å². The van der Waals surface area contributed by atoms with Gasteiger partial charge >= 0.3 is 0 Å². The van der Waals surface area contributed by atoms with Crippen LogP contribution in [0.4, 0.5) is 5.69 Å². The third kappa shape index (κ3) is 3.27. The molecule has 0 aliphatic carbocycles. The minimum atomic E-state index is 0.209. The molecule has 1 aromatic carbocycles. The SMILES string of the molecule is O=C1CCC(CN2CCN(c3ccc(S)cc3)CC2)N1. The van der Waals surface area contributed by atoms with Crippen molar-refractivity contribution in [1.29, 1.82) is 0 Å². The molecule has 0 saturated carbocycles. The van der Waals surface area contributed by atoms with Crippen LogP contribution in [0.15, 0.2) is 29.2 Å². The molecule has 0 radical (unpaired) electrons. The summed E-state index contributed by atoms with van der Waals surface area (Å²) in [4.78, 5) is 17.1. The molecule has 2 aliphatic heterocycles. The number of piperazine rings is 1. The van der Waals surface area contributed by atoms with Gasteiger partial charge < -0.3 is 10.2 Å². The average Bonchev–Trinajstić information content (AvgIpc) is 2.86. The van der Waals surface area contributed by atoms with E-state index in [-0.39, 0.29) is 5.91 Å². The normalized spacial score (nSPS) is 23.9. The van der Waals surface area contributed by atoms with Gasteiger partial charge in [-0.05, 0) is 30.7 Å². The molecule has 4 nitrogen and oxygen atoms in total. The number of carbonyl (C=O) groups excluding carboxylic acids is 1. The van der Waals surface area contributed by atoms with E-state index in [2.05, 4.69) is 39.9 Å². The van der Waals surface area contributed by atoms with E-state index in [9.17, 15) is 4.79 Å². The van der Waals surface area contributed by atoms with Crippen LogP contribution in [0.5, 0.6) is 0 Å². The van der Waals surface area contributed by atoms with Crippen molar-refractivity contribution in [3.05, 3.63) is 24.3 Å². The van der Waals surface area contributed by atoms with Crippen LogP contribution < -0.4 is 10.2 Å². The van der Waals surface area contributed by atoms with E-state index in [4.69, 9.17) is 0 Å². The van der Waals surface area contributed by atoms with Gasteiger partial charge in [-0.15, -0.1) is 12.6 Å². The smallest absolute Gasteiger partial charge is 0.220 e. The van der Waals surface area contributed by atoms with Crippen LogP contribution in [0.3, 0.4) is 0 Å². The van der Waals surface area contributed by atoms with Crippen molar-refractivity contribution in [2.45, 2.75) is 23.8 Å².